The van der Waals surface area contributed by atoms with E-state index in [-0.39, 0.29) is 23.1 Å². The molecule has 2 aliphatic heterocycles. The Morgan fingerprint density at radius 1 is 0.632 bits per heavy atom. The zero-order chi connectivity index (χ0) is 45.7. The molecule has 4 aromatic heterocycles. The van der Waals surface area contributed by atoms with Crippen LogP contribution in [0.1, 0.15) is 78.0 Å². The lowest BCUT2D eigenvalue weighted by Crippen LogP contribution is -2.60. The van der Waals surface area contributed by atoms with Crippen LogP contribution in [0.25, 0.3) is 102 Å². The molecule has 0 spiro atoms. The third-order valence-corrected chi connectivity index (χ3v) is 18.4. The minimum absolute atomic E-state index is 0.0130. The van der Waals surface area contributed by atoms with Gasteiger partial charge in [-0.1, -0.05) is 127 Å². The third-order valence-electron chi connectivity index (χ3n) is 16.2. The number of anilines is 2. The predicted octanol–water partition coefficient (Wildman–Crippen LogP) is 16.2. The lowest BCUT2D eigenvalue weighted by atomic mass is 9.43. The summed E-state index contributed by atoms with van der Waals surface area (Å²) in [6.45, 7) is 16.6. The molecule has 7 heteroatoms. The molecule has 0 fully saturated rings. The van der Waals surface area contributed by atoms with Crippen LogP contribution in [0.4, 0.5) is 11.4 Å². The number of hydrogen-bond donors (Lipinski definition) is 0. The van der Waals surface area contributed by atoms with Crippen molar-refractivity contribution in [2.24, 2.45) is 0 Å². The maximum absolute atomic E-state index is 7.37. The Balaban J connectivity index is 1.18. The van der Waals surface area contributed by atoms with Crippen molar-refractivity contribution in [1.29, 1.82) is 0 Å². The molecule has 0 amide bonds. The number of rotatable bonds is 2. The molecule has 0 unspecified atom stereocenters. The summed E-state index contributed by atoms with van der Waals surface area (Å²) in [5.74, 6) is 0. The van der Waals surface area contributed by atoms with E-state index in [0.717, 1.165) is 40.1 Å². The number of para-hydroxylation sites is 1. The Morgan fingerprint density at radius 3 is 2.13 bits per heavy atom. The number of thiophene rings is 1. The van der Waals surface area contributed by atoms with Gasteiger partial charge in [0.05, 0.1) is 21.3 Å². The summed E-state index contributed by atoms with van der Waals surface area (Å²) in [5.41, 5.74) is 19.5. The summed E-state index contributed by atoms with van der Waals surface area (Å²) in [7, 11) is 0. The van der Waals surface area contributed by atoms with Crippen molar-refractivity contribution in [3.8, 4) is 27.4 Å². The van der Waals surface area contributed by atoms with Gasteiger partial charge < -0.3 is 13.8 Å². The van der Waals surface area contributed by atoms with Crippen molar-refractivity contribution in [3.05, 3.63) is 156 Å². The molecule has 6 heterocycles. The van der Waals surface area contributed by atoms with Crippen molar-refractivity contribution in [2.45, 2.75) is 77.6 Å². The first kappa shape index (κ1) is 39.3. The van der Waals surface area contributed by atoms with Gasteiger partial charge in [-0.05, 0) is 117 Å². The second-order valence-electron chi connectivity index (χ2n) is 22.1. The Labute approximate surface area is 403 Å². The van der Waals surface area contributed by atoms with Crippen molar-refractivity contribution < 1.29 is 4.42 Å². The summed E-state index contributed by atoms with van der Waals surface area (Å²) >= 11 is 3.69. The first-order valence-corrected chi connectivity index (χ1v) is 25.8. The van der Waals surface area contributed by atoms with Gasteiger partial charge in [-0.2, -0.15) is 0 Å². The minimum atomic E-state index is -0.193. The van der Waals surface area contributed by atoms with Crippen molar-refractivity contribution >= 4 is 126 Å². The fourth-order valence-corrected chi connectivity index (χ4v) is 14.7. The van der Waals surface area contributed by atoms with E-state index in [1.165, 1.54) is 113 Å². The molecule has 1 aliphatic carbocycles. The van der Waals surface area contributed by atoms with E-state index in [1.54, 1.807) is 11.3 Å². The average Bonchev–Trinajstić information content (AvgIpc) is 4.11. The van der Waals surface area contributed by atoms with Gasteiger partial charge in [-0.25, -0.2) is 4.98 Å². The van der Waals surface area contributed by atoms with E-state index < -0.39 is 0 Å². The van der Waals surface area contributed by atoms with Gasteiger partial charge in [0.2, 0.25) is 0 Å². The number of furan rings is 1. The lowest BCUT2D eigenvalue weighted by Gasteiger charge is -2.42. The Morgan fingerprint density at radius 2 is 1.35 bits per heavy atom. The summed E-state index contributed by atoms with van der Waals surface area (Å²) in [6, 6.07) is 52.9. The summed E-state index contributed by atoms with van der Waals surface area (Å²) in [5, 5.41) is 8.60. The Bertz CT molecular complexity index is 4200. The van der Waals surface area contributed by atoms with Gasteiger partial charge >= 0.3 is 6.85 Å². The summed E-state index contributed by atoms with van der Waals surface area (Å²) in [6.07, 6.45) is 2.31. The van der Waals surface area contributed by atoms with Crippen molar-refractivity contribution in [3.63, 3.8) is 0 Å². The van der Waals surface area contributed by atoms with E-state index >= 15 is 0 Å². The van der Waals surface area contributed by atoms with Gasteiger partial charge in [0.1, 0.15) is 16.2 Å². The van der Waals surface area contributed by atoms with Gasteiger partial charge in [-0.3, -0.25) is 0 Å². The monoisotopic (exact) mass is 913 g/mol. The van der Waals surface area contributed by atoms with Crippen LogP contribution >= 0.6 is 22.7 Å². The molecular formula is C61H48BN3OS2. The molecule has 0 saturated carbocycles. The molecule has 3 aliphatic rings. The highest BCUT2D eigenvalue weighted by Gasteiger charge is 2.47. The molecule has 8 aromatic carbocycles. The molecule has 0 saturated heterocycles. The highest BCUT2D eigenvalue weighted by atomic mass is 32.1. The van der Waals surface area contributed by atoms with Gasteiger partial charge in [0.25, 0.3) is 0 Å². The molecule has 0 radical (unpaired) electrons. The zero-order valence-electron chi connectivity index (χ0n) is 39.3. The van der Waals surface area contributed by atoms with E-state index in [9.17, 15) is 0 Å². The predicted molar refractivity (Wildman–Crippen MR) is 293 cm³/mol. The number of fused-ring (bicyclic) bond motifs is 18. The number of hydrogen-bond acceptors (Lipinski definition) is 5. The van der Waals surface area contributed by atoms with Gasteiger partial charge in [-0.15, -0.1) is 22.7 Å². The van der Waals surface area contributed by atoms with Crippen molar-refractivity contribution in [1.82, 2.24) is 9.55 Å². The van der Waals surface area contributed by atoms with Crippen LogP contribution in [0.3, 0.4) is 0 Å². The highest BCUT2D eigenvalue weighted by molar-refractivity contribution is 7.26. The van der Waals surface area contributed by atoms with Gasteiger partial charge in [0.15, 0.2) is 0 Å². The standard InChI is InChI=1S/C61H48BN3OS2/c1-59(2,3)34-21-23-35(24-22-34)65-46-28-38-36-17-12-14-20-49(36)67-50(38)29-40(46)54-55-56-52(53-37-18-11-13-19-48(37)66-57(53)54)39-27-41-42(61(6,7)26-25-60(41,4)5)30-45(39)64(56)47-32-51-44(31-43(47)62(55)65)63-58(68-51)33-15-9-8-10-16-33/h8-24,27-32H,25-26H2,1-7H3. The first-order chi connectivity index (χ1) is 32.8. The molecule has 68 heavy (non-hydrogen) atoms. The smallest absolute Gasteiger partial charge is 0.333 e. The minimum Gasteiger partial charge on any atom is -0.455 e. The third kappa shape index (κ3) is 5.13. The summed E-state index contributed by atoms with van der Waals surface area (Å²) < 4.78 is 13.8. The Kier molecular flexibility index (Phi) is 7.58. The molecule has 0 bridgehead atoms. The summed E-state index contributed by atoms with van der Waals surface area (Å²) in [4.78, 5) is 8.13. The fourth-order valence-electron chi connectivity index (χ4n) is 12.6. The van der Waals surface area contributed by atoms with Crippen LogP contribution in [0, 0.1) is 0 Å². The molecule has 328 valence electrons. The number of thiazole rings is 1. The highest BCUT2D eigenvalue weighted by Crippen LogP contribution is 2.55. The largest absolute Gasteiger partial charge is 0.455 e. The van der Waals surface area contributed by atoms with Crippen molar-refractivity contribution in [2.75, 3.05) is 4.81 Å². The molecule has 4 nitrogen and oxygen atoms in total. The zero-order valence-corrected chi connectivity index (χ0v) is 41.0. The van der Waals surface area contributed by atoms with Crippen LogP contribution in [-0.4, -0.2) is 16.4 Å². The maximum atomic E-state index is 7.37. The molecule has 0 N–H and O–H groups in total. The topological polar surface area (TPSA) is 34.2 Å². The number of nitrogens with zero attached hydrogens (tertiary/aromatic N) is 3. The Hall–Kier alpha value is -6.67. The fraction of sp³-hybridized carbons (Fsp3) is 0.197. The van der Waals surface area contributed by atoms with E-state index in [1.807, 2.05) is 11.3 Å². The molecular weight excluding hydrogens is 866 g/mol. The van der Waals surface area contributed by atoms with Crippen LogP contribution in [-0.2, 0) is 16.2 Å². The van der Waals surface area contributed by atoms with E-state index in [0.29, 0.717) is 0 Å². The van der Waals surface area contributed by atoms with E-state index in [4.69, 9.17) is 9.40 Å². The van der Waals surface area contributed by atoms with Crippen LogP contribution in [0.15, 0.2) is 144 Å². The maximum Gasteiger partial charge on any atom is 0.333 e. The van der Waals surface area contributed by atoms with Gasteiger partial charge in [0, 0.05) is 75.5 Å². The van der Waals surface area contributed by atoms with E-state index in [2.05, 4.69) is 197 Å². The average molecular weight is 914 g/mol. The normalized spacial score (nSPS) is 15.9. The first-order valence-electron chi connectivity index (χ1n) is 24.2. The molecule has 12 aromatic rings. The van der Waals surface area contributed by atoms with Crippen LogP contribution in [0.2, 0.25) is 0 Å². The second kappa shape index (κ2) is 13.1. The van der Waals surface area contributed by atoms with Crippen LogP contribution in [0.5, 0.6) is 0 Å². The van der Waals surface area contributed by atoms with Crippen LogP contribution < -0.4 is 15.7 Å². The SMILES string of the molecule is CC(C)(C)c1ccc(N2B3c4cc5nc(-c6ccccc6)sc5cc4-n4c5cc6c(cc5c5c7c(oc8ccccc87)c(c3c54)-c3cc4sc5ccccc5c4cc32)C(C)(C)CCC6(C)C)cc1. The number of benzene rings is 8. The second-order valence-corrected chi connectivity index (χ2v) is 24.2. The number of aromatic nitrogens is 2. The lowest BCUT2D eigenvalue weighted by molar-refractivity contribution is 0.332. The molecule has 15 rings (SSSR count). The quantitative estimate of drug-likeness (QED) is 0.162. The molecule has 0 atom stereocenters.